The molecule has 2 aromatic carbocycles. The summed E-state index contributed by atoms with van der Waals surface area (Å²) in [4.78, 5) is 14.5. The quantitative estimate of drug-likeness (QED) is 0.757. The minimum atomic E-state index is 0.0209. The first-order valence-electron chi connectivity index (χ1n) is 7.91. The lowest BCUT2D eigenvalue weighted by molar-refractivity contribution is 0.0690. The van der Waals surface area contributed by atoms with Gasteiger partial charge in [0, 0.05) is 28.7 Å². The van der Waals surface area contributed by atoms with Crippen LogP contribution >= 0.6 is 23.2 Å². The topological polar surface area (TPSA) is 20.3 Å². The van der Waals surface area contributed by atoms with Crippen LogP contribution < -0.4 is 0 Å². The number of likely N-dealkylation sites (tertiary alicyclic amines) is 1. The Morgan fingerprint density at radius 1 is 1.00 bits per heavy atom. The van der Waals surface area contributed by atoms with Crippen molar-refractivity contribution >= 4 is 29.1 Å². The second-order valence-corrected chi connectivity index (χ2v) is 6.96. The number of carbonyl (C=O) groups is 1. The molecule has 0 radical (unpaired) electrons. The van der Waals surface area contributed by atoms with Gasteiger partial charge in [0.25, 0.3) is 5.91 Å². The number of carbonyl (C=O) groups excluding carboxylic acids is 1. The fourth-order valence-electron chi connectivity index (χ4n) is 3.15. The number of nitrogens with zero attached hydrogens (tertiary/aromatic N) is 1. The highest BCUT2D eigenvalue weighted by molar-refractivity contribution is 6.35. The maximum absolute atomic E-state index is 12.6. The third-order valence-electron chi connectivity index (χ3n) is 4.38. The summed E-state index contributed by atoms with van der Waals surface area (Å²) in [5.74, 6) is 0.664. The summed E-state index contributed by atoms with van der Waals surface area (Å²) in [5, 5.41) is 1.000. The minimum absolute atomic E-state index is 0.0209. The fourth-order valence-corrected chi connectivity index (χ4v) is 3.67. The first-order valence-corrected chi connectivity index (χ1v) is 8.67. The standard InChI is InChI=1S/C19H19Cl2NO/c20-17-11-16(12-18(21)13-17)19(23)22-8-6-15(7-9-22)10-14-4-2-1-3-5-14/h1-5,11-13,15H,6-10H2. The first kappa shape index (κ1) is 16.4. The van der Waals surface area contributed by atoms with E-state index in [2.05, 4.69) is 24.3 Å². The predicted molar refractivity (Wildman–Crippen MR) is 95.2 cm³/mol. The Labute approximate surface area is 147 Å². The summed E-state index contributed by atoms with van der Waals surface area (Å²) in [6.07, 6.45) is 3.16. The first-order chi connectivity index (χ1) is 11.1. The van der Waals surface area contributed by atoms with Gasteiger partial charge in [0.15, 0.2) is 0 Å². The summed E-state index contributed by atoms with van der Waals surface area (Å²) in [7, 11) is 0. The van der Waals surface area contributed by atoms with E-state index in [0.29, 0.717) is 21.5 Å². The minimum Gasteiger partial charge on any atom is -0.339 e. The fraction of sp³-hybridized carbons (Fsp3) is 0.316. The SMILES string of the molecule is O=C(c1cc(Cl)cc(Cl)c1)N1CCC(Cc2ccccc2)CC1. The average Bonchev–Trinajstić information content (AvgIpc) is 2.55. The molecule has 120 valence electrons. The third-order valence-corrected chi connectivity index (χ3v) is 4.81. The average molecular weight is 348 g/mol. The Hall–Kier alpha value is -1.51. The van der Waals surface area contributed by atoms with Crippen LogP contribution in [0.2, 0.25) is 10.0 Å². The van der Waals surface area contributed by atoms with Gasteiger partial charge in [0.1, 0.15) is 0 Å². The highest BCUT2D eigenvalue weighted by atomic mass is 35.5. The molecule has 0 spiro atoms. The number of halogens is 2. The molecule has 1 heterocycles. The van der Waals surface area contributed by atoms with Gasteiger partial charge in [0.05, 0.1) is 0 Å². The van der Waals surface area contributed by atoms with Gasteiger partial charge in [-0.05, 0) is 48.9 Å². The highest BCUT2D eigenvalue weighted by Crippen LogP contribution is 2.25. The van der Waals surface area contributed by atoms with Crippen molar-refractivity contribution in [3.8, 4) is 0 Å². The summed E-state index contributed by atoms with van der Waals surface area (Å²) in [6, 6.07) is 15.6. The molecule has 0 unspecified atom stereocenters. The molecule has 0 N–H and O–H groups in total. The van der Waals surface area contributed by atoms with Crippen molar-refractivity contribution < 1.29 is 4.79 Å². The van der Waals surface area contributed by atoms with Gasteiger partial charge in [-0.15, -0.1) is 0 Å². The molecule has 1 amide bonds. The van der Waals surface area contributed by atoms with Crippen LogP contribution in [0.3, 0.4) is 0 Å². The maximum atomic E-state index is 12.6. The normalized spacial score (nSPS) is 15.7. The van der Waals surface area contributed by atoms with Gasteiger partial charge >= 0.3 is 0 Å². The van der Waals surface area contributed by atoms with Gasteiger partial charge in [-0.2, -0.15) is 0 Å². The van der Waals surface area contributed by atoms with E-state index >= 15 is 0 Å². The van der Waals surface area contributed by atoms with Crippen LogP contribution in [-0.2, 0) is 6.42 Å². The molecule has 0 atom stereocenters. The van der Waals surface area contributed by atoms with Crippen LogP contribution in [0.15, 0.2) is 48.5 Å². The molecule has 23 heavy (non-hydrogen) atoms. The lowest BCUT2D eigenvalue weighted by atomic mass is 9.90. The predicted octanol–water partition coefficient (Wildman–Crippen LogP) is 5.09. The van der Waals surface area contributed by atoms with Crippen molar-refractivity contribution in [1.29, 1.82) is 0 Å². The molecule has 0 aromatic heterocycles. The second kappa shape index (κ2) is 7.37. The number of piperidine rings is 1. The molecular weight excluding hydrogens is 329 g/mol. The summed E-state index contributed by atoms with van der Waals surface area (Å²) >= 11 is 12.0. The molecule has 0 bridgehead atoms. The second-order valence-electron chi connectivity index (χ2n) is 6.08. The summed E-state index contributed by atoms with van der Waals surface area (Å²) in [5.41, 5.74) is 1.95. The zero-order valence-corrected chi connectivity index (χ0v) is 14.4. The zero-order valence-electron chi connectivity index (χ0n) is 12.8. The van der Waals surface area contributed by atoms with Crippen LogP contribution in [0.4, 0.5) is 0 Å². The third kappa shape index (κ3) is 4.27. The molecule has 1 fully saturated rings. The lowest BCUT2D eigenvalue weighted by Gasteiger charge is -2.32. The van der Waals surface area contributed by atoms with Crippen molar-refractivity contribution in [2.24, 2.45) is 5.92 Å². The molecular formula is C19H19Cl2NO. The molecule has 3 rings (SSSR count). The maximum Gasteiger partial charge on any atom is 0.253 e. The Kier molecular flexibility index (Phi) is 5.24. The molecule has 4 heteroatoms. The Balaban J connectivity index is 1.59. The Bertz CT molecular complexity index is 659. The Morgan fingerprint density at radius 3 is 2.22 bits per heavy atom. The molecule has 0 aliphatic carbocycles. The van der Waals surface area contributed by atoms with E-state index in [4.69, 9.17) is 23.2 Å². The van der Waals surface area contributed by atoms with Crippen molar-refractivity contribution in [2.45, 2.75) is 19.3 Å². The van der Waals surface area contributed by atoms with Crippen LogP contribution in [0.1, 0.15) is 28.8 Å². The summed E-state index contributed by atoms with van der Waals surface area (Å²) in [6.45, 7) is 1.58. The van der Waals surface area contributed by atoms with E-state index in [1.165, 1.54) is 5.56 Å². The smallest absolute Gasteiger partial charge is 0.253 e. The van der Waals surface area contributed by atoms with Gasteiger partial charge in [-0.3, -0.25) is 4.79 Å². The van der Waals surface area contributed by atoms with E-state index in [9.17, 15) is 4.79 Å². The van der Waals surface area contributed by atoms with Gasteiger partial charge in [-0.25, -0.2) is 0 Å². The Morgan fingerprint density at radius 2 is 1.61 bits per heavy atom. The molecule has 2 nitrogen and oxygen atoms in total. The lowest BCUT2D eigenvalue weighted by Crippen LogP contribution is -2.38. The van der Waals surface area contributed by atoms with Crippen LogP contribution in [0.5, 0.6) is 0 Å². The monoisotopic (exact) mass is 347 g/mol. The van der Waals surface area contributed by atoms with Crippen molar-refractivity contribution in [3.05, 3.63) is 69.7 Å². The van der Waals surface area contributed by atoms with E-state index in [1.54, 1.807) is 18.2 Å². The zero-order chi connectivity index (χ0) is 16.2. The van der Waals surface area contributed by atoms with Crippen LogP contribution in [-0.4, -0.2) is 23.9 Å². The van der Waals surface area contributed by atoms with Crippen molar-refractivity contribution in [3.63, 3.8) is 0 Å². The van der Waals surface area contributed by atoms with Crippen LogP contribution in [0, 0.1) is 5.92 Å². The van der Waals surface area contributed by atoms with Crippen LogP contribution in [0.25, 0.3) is 0 Å². The van der Waals surface area contributed by atoms with Crippen molar-refractivity contribution in [1.82, 2.24) is 4.90 Å². The van der Waals surface area contributed by atoms with Gasteiger partial charge < -0.3 is 4.90 Å². The van der Waals surface area contributed by atoms with E-state index < -0.39 is 0 Å². The van der Waals surface area contributed by atoms with Crippen molar-refractivity contribution in [2.75, 3.05) is 13.1 Å². The van der Waals surface area contributed by atoms with Gasteiger partial charge in [-0.1, -0.05) is 53.5 Å². The molecule has 1 aliphatic heterocycles. The number of benzene rings is 2. The highest BCUT2D eigenvalue weighted by Gasteiger charge is 2.24. The number of amides is 1. The summed E-state index contributed by atoms with van der Waals surface area (Å²) < 4.78 is 0. The molecule has 1 saturated heterocycles. The van der Waals surface area contributed by atoms with E-state index in [-0.39, 0.29) is 5.91 Å². The van der Waals surface area contributed by atoms with E-state index in [0.717, 1.165) is 32.4 Å². The molecule has 2 aromatic rings. The number of hydrogen-bond acceptors (Lipinski definition) is 1. The number of rotatable bonds is 3. The molecule has 1 aliphatic rings. The number of hydrogen-bond donors (Lipinski definition) is 0. The van der Waals surface area contributed by atoms with E-state index in [1.807, 2.05) is 11.0 Å². The largest absolute Gasteiger partial charge is 0.339 e. The van der Waals surface area contributed by atoms with Gasteiger partial charge in [0.2, 0.25) is 0 Å². The molecule has 0 saturated carbocycles.